The number of rotatable bonds is 7. The lowest BCUT2D eigenvalue weighted by molar-refractivity contribution is 0.551. The molecule has 0 spiro atoms. The Morgan fingerprint density at radius 3 is 2.61 bits per heavy atom. The number of unbranched alkanes of at least 4 members (excludes halogenated alkanes) is 1. The van der Waals surface area contributed by atoms with E-state index in [2.05, 4.69) is 41.2 Å². The van der Waals surface area contributed by atoms with Gasteiger partial charge in [-0.05, 0) is 60.2 Å². The van der Waals surface area contributed by atoms with Gasteiger partial charge in [-0.25, -0.2) is 0 Å². The molecule has 3 aromatic heterocycles. The lowest BCUT2D eigenvalue weighted by atomic mass is 9.92. The van der Waals surface area contributed by atoms with Crippen LogP contribution in [0.4, 0.5) is 3.89 Å². The van der Waals surface area contributed by atoms with Gasteiger partial charge < -0.3 is 9.55 Å². The summed E-state index contributed by atoms with van der Waals surface area (Å²) in [6.07, 6.45) is 10.6. The molecule has 0 bridgehead atoms. The molecule has 5 rings (SSSR count). The highest BCUT2D eigenvalue weighted by Gasteiger charge is 2.20. The Bertz CT molecular complexity index is 1930. The molecule has 3 heterocycles. The third kappa shape index (κ3) is 4.48. The van der Waals surface area contributed by atoms with Crippen LogP contribution in [0.2, 0.25) is 0 Å². The van der Waals surface area contributed by atoms with E-state index in [1.807, 2.05) is 30.3 Å². The van der Waals surface area contributed by atoms with Gasteiger partial charge in [0.15, 0.2) is 5.43 Å². The summed E-state index contributed by atoms with van der Waals surface area (Å²) >= 11 is 0. The van der Waals surface area contributed by atoms with Gasteiger partial charge in [0.1, 0.15) is 10.5 Å². The summed E-state index contributed by atoms with van der Waals surface area (Å²) in [6.45, 7) is 6.91. The average Bonchev–Trinajstić information content (AvgIpc) is 3.26. The fourth-order valence-corrected chi connectivity index (χ4v) is 5.58. The number of benzene rings is 2. The number of halogens is 1. The maximum atomic E-state index is 14.0. The summed E-state index contributed by atoms with van der Waals surface area (Å²) in [7, 11) is -4.92. The van der Waals surface area contributed by atoms with Crippen molar-refractivity contribution in [2.45, 2.75) is 51.5 Å². The maximum absolute atomic E-state index is 14.0. The molecule has 0 radical (unpaired) electrons. The van der Waals surface area contributed by atoms with Gasteiger partial charge in [0.2, 0.25) is 0 Å². The SMILES string of the molecule is C#Cc1ccc2c(c1)[nH]c1c2c(=O)c2cc(CC(C)C)c(-c3cncc(S(=O)(=O)F)c3)cc2n1CCCC. The van der Waals surface area contributed by atoms with Crippen LogP contribution < -0.4 is 5.43 Å². The summed E-state index contributed by atoms with van der Waals surface area (Å²) < 4.78 is 39.2. The molecule has 194 valence electrons. The fourth-order valence-electron chi connectivity index (χ4n) is 5.12. The highest BCUT2D eigenvalue weighted by atomic mass is 32.3. The van der Waals surface area contributed by atoms with Gasteiger partial charge in [-0.3, -0.25) is 9.78 Å². The third-order valence-electron chi connectivity index (χ3n) is 6.87. The van der Waals surface area contributed by atoms with E-state index in [4.69, 9.17) is 6.42 Å². The Labute approximate surface area is 220 Å². The van der Waals surface area contributed by atoms with Gasteiger partial charge in [0, 0.05) is 46.4 Å². The number of terminal acetylenes is 1. The smallest absolute Gasteiger partial charge is 0.333 e. The maximum Gasteiger partial charge on any atom is 0.333 e. The second-order valence-electron chi connectivity index (χ2n) is 10.1. The van der Waals surface area contributed by atoms with E-state index < -0.39 is 15.1 Å². The second-order valence-corrected chi connectivity index (χ2v) is 11.4. The number of fused-ring (bicyclic) bond motifs is 4. The minimum Gasteiger partial charge on any atom is -0.340 e. The van der Waals surface area contributed by atoms with Gasteiger partial charge >= 0.3 is 10.2 Å². The van der Waals surface area contributed by atoms with E-state index in [0.717, 1.165) is 52.1 Å². The molecule has 8 heteroatoms. The number of nitrogens with zero attached hydrogens (tertiary/aromatic N) is 2. The van der Waals surface area contributed by atoms with Gasteiger partial charge in [-0.15, -0.1) is 10.3 Å². The lowest BCUT2D eigenvalue weighted by Crippen LogP contribution is -2.13. The van der Waals surface area contributed by atoms with Crippen molar-refractivity contribution >= 4 is 43.1 Å². The molecule has 0 aliphatic rings. The molecular formula is C30H28FN3O3S. The zero-order chi connectivity index (χ0) is 27.2. The van der Waals surface area contributed by atoms with E-state index in [9.17, 15) is 17.1 Å². The van der Waals surface area contributed by atoms with Crippen LogP contribution in [0.15, 0.2) is 58.5 Å². The summed E-state index contributed by atoms with van der Waals surface area (Å²) in [5.41, 5.74) is 4.92. The minimum absolute atomic E-state index is 0.0859. The molecule has 0 saturated heterocycles. The first kappa shape index (κ1) is 25.7. The van der Waals surface area contributed by atoms with Crippen LogP contribution in [0.5, 0.6) is 0 Å². The van der Waals surface area contributed by atoms with Crippen LogP contribution in [0.1, 0.15) is 44.7 Å². The Morgan fingerprint density at radius 1 is 1.13 bits per heavy atom. The van der Waals surface area contributed by atoms with Crippen LogP contribution in [0.25, 0.3) is 44.0 Å². The predicted octanol–water partition coefficient (Wildman–Crippen LogP) is 6.34. The molecule has 1 N–H and O–H groups in total. The van der Waals surface area contributed by atoms with E-state index in [-0.39, 0.29) is 11.3 Å². The molecule has 0 aliphatic carbocycles. The van der Waals surface area contributed by atoms with Crippen molar-refractivity contribution in [2.75, 3.05) is 0 Å². The Morgan fingerprint density at radius 2 is 1.92 bits per heavy atom. The molecule has 0 amide bonds. The van der Waals surface area contributed by atoms with Crippen molar-refractivity contribution < 1.29 is 12.3 Å². The monoisotopic (exact) mass is 529 g/mol. The van der Waals surface area contributed by atoms with Crippen molar-refractivity contribution in [3.05, 3.63) is 70.1 Å². The number of hydrogen-bond donors (Lipinski definition) is 1. The first-order valence-corrected chi connectivity index (χ1v) is 14.0. The molecule has 0 fully saturated rings. The third-order valence-corrected chi connectivity index (χ3v) is 7.65. The van der Waals surface area contributed by atoms with E-state index in [1.165, 1.54) is 12.3 Å². The Hall–Kier alpha value is -3.96. The molecule has 2 aromatic carbocycles. The van der Waals surface area contributed by atoms with Crippen molar-refractivity contribution in [3.8, 4) is 23.5 Å². The van der Waals surface area contributed by atoms with E-state index in [0.29, 0.717) is 34.9 Å². The molecule has 0 saturated carbocycles. The van der Waals surface area contributed by atoms with Crippen LogP contribution in [-0.2, 0) is 23.2 Å². The van der Waals surface area contributed by atoms with Crippen molar-refractivity contribution in [3.63, 3.8) is 0 Å². The minimum atomic E-state index is -4.92. The van der Waals surface area contributed by atoms with Crippen LogP contribution in [-0.4, -0.2) is 23.0 Å². The zero-order valence-corrected chi connectivity index (χ0v) is 22.3. The molecular weight excluding hydrogens is 501 g/mol. The largest absolute Gasteiger partial charge is 0.340 e. The van der Waals surface area contributed by atoms with Crippen LogP contribution in [0.3, 0.4) is 0 Å². The highest BCUT2D eigenvalue weighted by molar-refractivity contribution is 7.86. The summed E-state index contributed by atoms with van der Waals surface area (Å²) in [5, 5.41) is 2.01. The lowest BCUT2D eigenvalue weighted by Gasteiger charge is -2.18. The number of aromatic nitrogens is 3. The highest BCUT2D eigenvalue weighted by Crippen LogP contribution is 2.34. The predicted molar refractivity (Wildman–Crippen MR) is 150 cm³/mol. The first-order valence-electron chi connectivity index (χ1n) is 12.6. The van der Waals surface area contributed by atoms with Gasteiger partial charge in [0.25, 0.3) is 0 Å². The van der Waals surface area contributed by atoms with Crippen LogP contribution >= 0.6 is 0 Å². The molecule has 38 heavy (non-hydrogen) atoms. The molecule has 5 aromatic rings. The topological polar surface area (TPSA) is 84.8 Å². The van der Waals surface area contributed by atoms with Crippen molar-refractivity contribution in [1.82, 2.24) is 14.5 Å². The quantitative estimate of drug-likeness (QED) is 0.197. The van der Waals surface area contributed by atoms with Gasteiger partial charge in [-0.1, -0.05) is 39.2 Å². The molecule has 0 unspecified atom stereocenters. The van der Waals surface area contributed by atoms with Crippen molar-refractivity contribution in [2.24, 2.45) is 5.92 Å². The van der Waals surface area contributed by atoms with Gasteiger partial charge in [0.05, 0.1) is 10.9 Å². The summed E-state index contributed by atoms with van der Waals surface area (Å²) in [4.78, 5) is 20.9. The summed E-state index contributed by atoms with van der Waals surface area (Å²) in [5.74, 6) is 2.90. The number of aryl methyl sites for hydroxylation is 1. The number of aromatic amines is 1. The molecule has 0 aliphatic heterocycles. The fraction of sp³-hybridized carbons (Fsp3) is 0.267. The summed E-state index contributed by atoms with van der Waals surface area (Å²) in [6, 6.07) is 10.7. The molecule has 0 atom stereocenters. The standard InChI is InChI=1S/C30H28FN3O3S/c1-5-7-10-34-27-15-24(21-13-22(17-32-16-21)38(31,36)37)20(11-18(3)4)14-25(27)29(35)28-23-9-8-19(6-2)12-26(23)33-30(28)34/h2,8-9,12-18,33H,5,7,10-11H2,1,3-4H3. The van der Waals surface area contributed by atoms with Crippen molar-refractivity contribution in [1.29, 1.82) is 0 Å². The Balaban J connectivity index is 1.91. The number of nitrogens with one attached hydrogen (secondary N) is 1. The zero-order valence-electron chi connectivity index (χ0n) is 21.5. The van der Waals surface area contributed by atoms with Crippen LogP contribution in [0, 0.1) is 18.3 Å². The normalized spacial score (nSPS) is 12.1. The average molecular weight is 530 g/mol. The van der Waals surface area contributed by atoms with E-state index >= 15 is 0 Å². The van der Waals surface area contributed by atoms with Gasteiger partial charge in [-0.2, -0.15) is 8.42 Å². The Kier molecular flexibility index (Phi) is 6.58. The van der Waals surface area contributed by atoms with E-state index in [1.54, 1.807) is 0 Å². The first-order chi connectivity index (χ1) is 18.1. The number of pyridine rings is 2. The second kappa shape index (κ2) is 9.73. The molecule has 6 nitrogen and oxygen atoms in total. The number of H-pyrrole nitrogens is 1. The number of hydrogen-bond acceptors (Lipinski definition) is 4.